The highest BCUT2D eigenvalue weighted by atomic mass is 16.4. The van der Waals surface area contributed by atoms with Gasteiger partial charge in [-0.25, -0.2) is 0 Å². The molecule has 0 aromatic heterocycles. The minimum atomic E-state index is -1.73. The molecule has 2 aliphatic rings. The summed E-state index contributed by atoms with van der Waals surface area (Å²) < 4.78 is 0. The molecule has 0 saturated heterocycles. The Kier molecular flexibility index (Phi) is 2.59. The van der Waals surface area contributed by atoms with Crippen LogP contribution in [0.3, 0.4) is 0 Å². The van der Waals surface area contributed by atoms with E-state index in [4.69, 9.17) is 16.6 Å². The van der Waals surface area contributed by atoms with Crippen LogP contribution in [0.15, 0.2) is 11.8 Å². The van der Waals surface area contributed by atoms with Crippen LogP contribution in [0.4, 0.5) is 0 Å². The first-order chi connectivity index (χ1) is 7.89. The predicted molar refractivity (Wildman–Crippen MR) is 57.4 cm³/mol. The van der Waals surface area contributed by atoms with Crippen molar-refractivity contribution in [2.24, 2.45) is 23.3 Å². The maximum atomic E-state index is 11.2. The van der Waals surface area contributed by atoms with E-state index in [-0.39, 0.29) is 6.42 Å². The van der Waals surface area contributed by atoms with Crippen molar-refractivity contribution in [3.63, 3.8) is 0 Å². The topological polar surface area (TPSA) is 139 Å². The first kappa shape index (κ1) is 11.9. The Morgan fingerprint density at radius 1 is 1.53 bits per heavy atom. The minimum Gasteiger partial charge on any atom is -0.480 e. The van der Waals surface area contributed by atoms with Crippen molar-refractivity contribution >= 4 is 11.9 Å². The van der Waals surface area contributed by atoms with Crippen molar-refractivity contribution in [2.75, 3.05) is 6.54 Å². The molecular weight excluding hydrogens is 226 g/mol. The molecule has 0 unspecified atom stereocenters. The lowest BCUT2D eigenvalue weighted by molar-refractivity contribution is -0.149. The molecule has 7 N–H and O–H groups in total. The molecule has 0 bridgehead atoms. The van der Waals surface area contributed by atoms with Gasteiger partial charge in [-0.05, 0) is 6.42 Å². The number of aliphatic hydroxyl groups excluding tert-OH is 1. The van der Waals surface area contributed by atoms with Crippen molar-refractivity contribution in [2.45, 2.75) is 18.1 Å². The normalized spacial score (nSPS) is 40.1. The SMILES string of the molecule is NC(=O)C1=CNC[C@@H]2[C@H]1C[C@H](O)[C@@]2(N)C(=O)O. The molecule has 1 amide bonds. The van der Waals surface area contributed by atoms with Crippen LogP contribution in [-0.4, -0.2) is 40.3 Å². The first-order valence-electron chi connectivity index (χ1n) is 5.32. The standard InChI is InChI=1S/C10H15N3O4/c11-8(15)5-2-13-3-6-4(5)1-7(14)10(6,12)9(16)17/h2,4,6-7,13-14H,1,3,12H2,(H2,11,15)(H,16,17)/t4-,6+,7-,10+/m0/s1. The van der Waals surface area contributed by atoms with Crippen molar-refractivity contribution in [3.8, 4) is 0 Å². The summed E-state index contributed by atoms with van der Waals surface area (Å²) in [6.45, 7) is 0.307. The van der Waals surface area contributed by atoms with Crippen LogP contribution in [0.25, 0.3) is 0 Å². The van der Waals surface area contributed by atoms with Crippen LogP contribution in [0.2, 0.25) is 0 Å². The lowest BCUT2D eigenvalue weighted by Gasteiger charge is -2.34. The smallest absolute Gasteiger partial charge is 0.326 e. The Morgan fingerprint density at radius 2 is 2.18 bits per heavy atom. The molecule has 1 fully saturated rings. The van der Waals surface area contributed by atoms with Crippen LogP contribution < -0.4 is 16.8 Å². The number of nitrogens with two attached hydrogens (primary N) is 2. The Balaban J connectivity index is 2.39. The summed E-state index contributed by atoms with van der Waals surface area (Å²) >= 11 is 0. The summed E-state index contributed by atoms with van der Waals surface area (Å²) in [6.07, 6.45) is 0.436. The van der Waals surface area contributed by atoms with Gasteiger partial charge in [0.15, 0.2) is 0 Å². The molecule has 0 spiro atoms. The Morgan fingerprint density at radius 3 is 2.71 bits per heavy atom. The molecule has 1 aliphatic heterocycles. The number of primary amides is 1. The molecule has 94 valence electrons. The summed E-state index contributed by atoms with van der Waals surface area (Å²) in [7, 11) is 0. The number of rotatable bonds is 2. The fraction of sp³-hybridized carbons (Fsp3) is 0.600. The largest absolute Gasteiger partial charge is 0.480 e. The average Bonchev–Trinajstić information content (AvgIpc) is 2.52. The second-order valence-corrected chi connectivity index (χ2v) is 4.57. The van der Waals surface area contributed by atoms with E-state index in [1.165, 1.54) is 6.20 Å². The van der Waals surface area contributed by atoms with E-state index in [9.17, 15) is 14.7 Å². The zero-order chi connectivity index (χ0) is 12.8. The molecule has 2 rings (SSSR count). The fourth-order valence-corrected chi connectivity index (χ4v) is 2.79. The molecule has 4 atom stereocenters. The molecule has 1 heterocycles. The third-order valence-corrected chi connectivity index (χ3v) is 3.78. The number of hydrogen-bond donors (Lipinski definition) is 5. The highest BCUT2D eigenvalue weighted by Gasteiger charge is 2.59. The summed E-state index contributed by atoms with van der Waals surface area (Å²) in [6, 6.07) is 0. The second kappa shape index (κ2) is 3.71. The van der Waals surface area contributed by atoms with Gasteiger partial charge in [0.1, 0.15) is 5.54 Å². The van der Waals surface area contributed by atoms with E-state index in [2.05, 4.69) is 5.32 Å². The number of fused-ring (bicyclic) bond motifs is 1. The summed E-state index contributed by atoms with van der Waals surface area (Å²) in [5, 5.41) is 21.8. The van der Waals surface area contributed by atoms with Gasteiger partial charge in [0.05, 0.1) is 6.10 Å². The third kappa shape index (κ3) is 1.50. The lowest BCUT2D eigenvalue weighted by atomic mass is 9.78. The van der Waals surface area contributed by atoms with Gasteiger partial charge in [0.25, 0.3) is 0 Å². The molecule has 7 heteroatoms. The number of carbonyl (C=O) groups excluding carboxylic acids is 1. The number of aliphatic carboxylic acids is 1. The molecule has 0 radical (unpaired) electrons. The van der Waals surface area contributed by atoms with Crippen molar-refractivity contribution in [1.29, 1.82) is 0 Å². The first-order valence-corrected chi connectivity index (χ1v) is 5.32. The van der Waals surface area contributed by atoms with Gasteiger partial charge in [-0.3, -0.25) is 9.59 Å². The van der Waals surface area contributed by atoms with E-state index < -0.39 is 35.4 Å². The number of amides is 1. The summed E-state index contributed by atoms with van der Waals surface area (Å²) in [5.41, 5.74) is 9.58. The maximum absolute atomic E-state index is 11.2. The third-order valence-electron chi connectivity index (χ3n) is 3.78. The van der Waals surface area contributed by atoms with Crippen LogP contribution in [0, 0.1) is 11.8 Å². The van der Waals surface area contributed by atoms with E-state index in [1.54, 1.807) is 0 Å². The van der Waals surface area contributed by atoms with Gasteiger partial charge >= 0.3 is 5.97 Å². The highest BCUT2D eigenvalue weighted by molar-refractivity contribution is 5.93. The van der Waals surface area contributed by atoms with Crippen LogP contribution >= 0.6 is 0 Å². The molecule has 0 aromatic carbocycles. The van der Waals surface area contributed by atoms with Crippen LogP contribution in [0.1, 0.15) is 6.42 Å². The van der Waals surface area contributed by atoms with E-state index in [1.807, 2.05) is 0 Å². The number of carboxylic acids is 1. The Bertz CT molecular complexity index is 408. The highest BCUT2D eigenvalue weighted by Crippen LogP contribution is 2.43. The number of carboxylic acid groups (broad SMARTS) is 1. The number of nitrogens with one attached hydrogen (secondary N) is 1. The van der Waals surface area contributed by atoms with E-state index in [0.717, 1.165) is 0 Å². The molecule has 1 aliphatic carbocycles. The summed E-state index contributed by atoms with van der Waals surface area (Å²) in [4.78, 5) is 22.4. The van der Waals surface area contributed by atoms with Crippen molar-refractivity contribution < 1.29 is 19.8 Å². The summed E-state index contributed by atoms with van der Waals surface area (Å²) in [5.74, 6) is -2.81. The maximum Gasteiger partial charge on any atom is 0.326 e. The van der Waals surface area contributed by atoms with E-state index >= 15 is 0 Å². The number of aliphatic hydroxyl groups is 1. The van der Waals surface area contributed by atoms with Gasteiger partial charge in [0.2, 0.25) is 5.91 Å². The lowest BCUT2D eigenvalue weighted by Crippen LogP contribution is -2.61. The number of carbonyl (C=O) groups is 2. The Labute approximate surface area is 97.5 Å². The minimum absolute atomic E-state index is 0.143. The average molecular weight is 241 g/mol. The van der Waals surface area contributed by atoms with E-state index in [0.29, 0.717) is 12.1 Å². The van der Waals surface area contributed by atoms with Crippen LogP contribution in [-0.2, 0) is 9.59 Å². The monoisotopic (exact) mass is 241 g/mol. The fourth-order valence-electron chi connectivity index (χ4n) is 2.79. The molecule has 1 saturated carbocycles. The quantitative estimate of drug-likeness (QED) is 0.370. The zero-order valence-electron chi connectivity index (χ0n) is 9.09. The van der Waals surface area contributed by atoms with Crippen molar-refractivity contribution in [3.05, 3.63) is 11.8 Å². The predicted octanol–water partition coefficient (Wildman–Crippen LogP) is -2.26. The van der Waals surface area contributed by atoms with Gasteiger partial charge in [-0.1, -0.05) is 0 Å². The zero-order valence-corrected chi connectivity index (χ0v) is 9.09. The van der Waals surface area contributed by atoms with Gasteiger partial charge in [-0.2, -0.15) is 0 Å². The Hall–Kier alpha value is -1.60. The van der Waals surface area contributed by atoms with Gasteiger partial charge in [0, 0.05) is 30.2 Å². The van der Waals surface area contributed by atoms with Crippen LogP contribution in [0.5, 0.6) is 0 Å². The number of hydrogen-bond acceptors (Lipinski definition) is 5. The van der Waals surface area contributed by atoms with Gasteiger partial charge < -0.3 is 27.0 Å². The molecular formula is C10H15N3O4. The molecule has 0 aromatic rings. The molecule has 7 nitrogen and oxygen atoms in total. The van der Waals surface area contributed by atoms with Crippen molar-refractivity contribution in [1.82, 2.24) is 5.32 Å². The second-order valence-electron chi connectivity index (χ2n) is 4.57. The van der Waals surface area contributed by atoms with Gasteiger partial charge in [-0.15, -0.1) is 0 Å². The molecule has 17 heavy (non-hydrogen) atoms.